The van der Waals surface area contributed by atoms with Crippen molar-refractivity contribution < 1.29 is 14.3 Å². The van der Waals surface area contributed by atoms with Gasteiger partial charge in [-0.25, -0.2) is 4.98 Å². The Morgan fingerprint density at radius 3 is 2.56 bits per heavy atom. The van der Waals surface area contributed by atoms with Crippen LogP contribution in [0.4, 0.5) is 0 Å². The summed E-state index contributed by atoms with van der Waals surface area (Å²) in [5.74, 6) is 2.38. The topological polar surface area (TPSA) is 56.6 Å². The van der Waals surface area contributed by atoms with Gasteiger partial charge in [0.2, 0.25) is 5.91 Å². The Hall–Kier alpha value is -3.02. The molecule has 4 rings (SSSR count). The Kier molecular flexibility index (Phi) is 4.48. The van der Waals surface area contributed by atoms with Gasteiger partial charge in [-0.15, -0.1) is 0 Å². The molecule has 140 valence electrons. The lowest BCUT2D eigenvalue weighted by Gasteiger charge is -2.30. The van der Waals surface area contributed by atoms with E-state index >= 15 is 0 Å². The van der Waals surface area contributed by atoms with Crippen molar-refractivity contribution in [3.63, 3.8) is 0 Å². The van der Waals surface area contributed by atoms with Crippen LogP contribution in [0.15, 0.2) is 36.4 Å². The highest BCUT2D eigenvalue weighted by Crippen LogP contribution is 2.33. The van der Waals surface area contributed by atoms with Crippen LogP contribution in [0.25, 0.3) is 11.0 Å². The SMILES string of the molecule is COc1cc2c(cc1OC)CN(C(=O)Cn1c(C)nc3ccccc31)CC2. The van der Waals surface area contributed by atoms with Crippen molar-refractivity contribution in [2.45, 2.75) is 26.4 Å². The summed E-state index contributed by atoms with van der Waals surface area (Å²) in [5, 5.41) is 0. The molecule has 0 N–H and O–H groups in total. The standard InChI is InChI=1S/C21H23N3O3/c1-14-22-17-6-4-5-7-18(17)24(14)13-21(25)23-9-8-15-10-19(26-2)20(27-3)11-16(15)12-23/h4-7,10-11H,8-9,12-13H2,1-3H3. The summed E-state index contributed by atoms with van der Waals surface area (Å²) in [6.45, 7) is 3.53. The minimum Gasteiger partial charge on any atom is -0.493 e. The van der Waals surface area contributed by atoms with Crippen LogP contribution >= 0.6 is 0 Å². The van der Waals surface area contributed by atoms with Crippen molar-refractivity contribution in [3.05, 3.63) is 53.3 Å². The maximum Gasteiger partial charge on any atom is 0.242 e. The van der Waals surface area contributed by atoms with E-state index in [0.29, 0.717) is 25.4 Å². The lowest BCUT2D eigenvalue weighted by atomic mass is 9.98. The summed E-state index contributed by atoms with van der Waals surface area (Å²) in [7, 11) is 3.27. The molecule has 1 aliphatic rings. The number of ether oxygens (including phenoxy) is 2. The van der Waals surface area contributed by atoms with E-state index in [4.69, 9.17) is 9.47 Å². The zero-order valence-corrected chi connectivity index (χ0v) is 15.9. The number of amides is 1. The maximum absolute atomic E-state index is 13.0. The van der Waals surface area contributed by atoms with Crippen LogP contribution in [-0.4, -0.2) is 41.1 Å². The molecule has 0 spiro atoms. The molecule has 6 nitrogen and oxygen atoms in total. The van der Waals surface area contributed by atoms with Gasteiger partial charge in [0.25, 0.3) is 0 Å². The van der Waals surface area contributed by atoms with Crippen LogP contribution in [0, 0.1) is 6.92 Å². The highest BCUT2D eigenvalue weighted by molar-refractivity contribution is 5.81. The summed E-state index contributed by atoms with van der Waals surface area (Å²) in [4.78, 5) is 19.4. The number of imidazole rings is 1. The summed E-state index contributed by atoms with van der Waals surface area (Å²) >= 11 is 0. The second-order valence-electron chi connectivity index (χ2n) is 6.78. The van der Waals surface area contributed by atoms with Crippen LogP contribution in [0.1, 0.15) is 17.0 Å². The minimum absolute atomic E-state index is 0.0988. The van der Waals surface area contributed by atoms with Gasteiger partial charge >= 0.3 is 0 Å². The Bertz CT molecular complexity index is 1010. The summed E-state index contributed by atoms with van der Waals surface area (Å²) < 4.78 is 12.8. The predicted octanol–water partition coefficient (Wildman–Crippen LogP) is 2.95. The number of hydrogen-bond donors (Lipinski definition) is 0. The molecule has 0 fully saturated rings. The molecule has 27 heavy (non-hydrogen) atoms. The van der Waals surface area contributed by atoms with Crippen LogP contribution in [0.5, 0.6) is 11.5 Å². The van der Waals surface area contributed by atoms with E-state index < -0.39 is 0 Å². The van der Waals surface area contributed by atoms with E-state index in [-0.39, 0.29) is 5.91 Å². The van der Waals surface area contributed by atoms with E-state index in [1.54, 1.807) is 14.2 Å². The van der Waals surface area contributed by atoms with Gasteiger partial charge in [0, 0.05) is 13.1 Å². The van der Waals surface area contributed by atoms with Gasteiger partial charge in [-0.1, -0.05) is 12.1 Å². The normalized spacial score (nSPS) is 13.5. The third-order valence-electron chi connectivity index (χ3n) is 5.21. The van der Waals surface area contributed by atoms with Gasteiger partial charge in [-0.3, -0.25) is 4.79 Å². The molecule has 0 saturated carbocycles. The highest BCUT2D eigenvalue weighted by Gasteiger charge is 2.23. The summed E-state index contributed by atoms with van der Waals surface area (Å²) in [6, 6.07) is 11.9. The molecule has 3 aromatic rings. The first-order valence-corrected chi connectivity index (χ1v) is 9.04. The van der Waals surface area contributed by atoms with E-state index in [1.807, 2.05) is 52.8 Å². The Morgan fingerprint density at radius 2 is 1.81 bits per heavy atom. The molecule has 1 aliphatic heterocycles. The first-order valence-electron chi connectivity index (χ1n) is 9.04. The van der Waals surface area contributed by atoms with Crippen molar-refractivity contribution >= 4 is 16.9 Å². The lowest BCUT2D eigenvalue weighted by Crippen LogP contribution is -2.38. The number of carbonyl (C=O) groups is 1. The fraction of sp³-hybridized carbons (Fsp3) is 0.333. The number of para-hydroxylation sites is 2. The number of benzene rings is 2. The number of nitrogens with zero attached hydrogens (tertiary/aromatic N) is 3. The largest absolute Gasteiger partial charge is 0.493 e. The summed E-state index contributed by atoms with van der Waals surface area (Å²) in [6.07, 6.45) is 0.811. The van der Waals surface area contributed by atoms with Gasteiger partial charge < -0.3 is 18.9 Å². The Morgan fingerprint density at radius 1 is 1.11 bits per heavy atom. The van der Waals surface area contributed by atoms with Gasteiger partial charge in [0.15, 0.2) is 11.5 Å². The van der Waals surface area contributed by atoms with Crippen molar-refractivity contribution in [3.8, 4) is 11.5 Å². The number of methoxy groups -OCH3 is 2. The fourth-order valence-corrected chi connectivity index (χ4v) is 3.73. The molecule has 2 heterocycles. The maximum atomic E-state index is 13.0. The van der Waals surface area contributed by atoms with E-state index in [2.05, 4.69) is 4.98 Å². The average Bonchev–Trinajstić information content (AvgIpc) is 3.01. The van der Waals surface area contributed by atoms with Gasteiger partial charge in [-0.05, 0) is 48.7 Å². The van der Waals surface area contributed by atoms with E-state index in [1.165, 1.54) is 5.56 Å². The van der Waals surface area contributed by atoms with Crippen molar-refractivity contribution in [2.75, 3.05) is 20.8 Å². The van der Waals surface area contributed by atoms with Gasteiger partial charge in [0.1, 0.15) is 12.4 Å². The number of rotatable bonds is 4. The van der Waals surface area contributed by atoms with Crippen LogP contribution in [-0.2, 0) is 24.3 Å². The van der Waals surface area contributed by atoms with E-state index in [9.17, 15) is 4.79 Å². The molecule has 0 bridgehead atoms. The van der Waals surface area contributed by atoms with E-state index in [0.717, 1.165) is 34.6 Å². The quantitative estimate of drug-likeness (QED) is 0.713. The third-order valence-corrected chi connectivity index (χ3v) is 5.21. The van der Waals surface area contributed by atoms with Gasteiger partial charge in [0.05, 0.1) is 25.3 Å². The van der Waals surface area contributed by atoms with Gasteiger partial charge in [-0.2, -0.15) is 0 Å². The molecule has 0 radical (unpaired) electrons. The van der Waals surface area contributed by atoms with Crippen molar-refractivity contribution in [1.29, 1.82) is 0 Å². The van der Waals surface area contributed by atoms with Crippen molar-refractivity contribution in [2.24, 2.45) is 0 Å². The molecule has 6 heteroatoms. The number of aryl methyl sites for hydroxylation is 1. The number of aromatic nitrogens is 2. The Balaban J connectivity index is 1.56. The van der Waals surface area contributed by atoms with Crippen LogP contribution in [0.2, 0.25) is 0 Å². The monoisotopic (exact) mass is 365 g/mol. The molecule has 2 aromatic carbocycles. The van der Waals surface area contributed by atoms with Crippen LogP contribution < -0.4 is 9.47 Å². The molecular weight excluding hydrogens is 342 g/mol. The number of hydrogen-bond acceptors (Lipinski definition) is 4. The Labute approximate surface area is 158 Å². The van der Waals surface area contributed by atoms with Crippen LogP contribution in [0.3, 0.4) is 0 Å². The minimum atomic E-state index is 0.0988. The zero-order valence-electron chi connectivity index (χ0n) is 15.9. The first kappa shape index (κ1) is 17.4. The second-order valence-corrected chi connectivity index (χ2v) is 6.78. The molecule has 0 saturated heterocycles. The molecule has 1 amide bonds. The fourth-order valence-electron chi connectivity index (χ4n) is 3.73. The number of carbonyl (C=O) groups excluding carboxylic acids is 1. The predicted molar refractivity (Wildman–Crippen MR) is 103 cm³/mol. The molecule has 0 aliphatic carbocycles. The lowest BCUT2D eigenvalue weighted by molar-refractivity contribution is -0.132. The first-order chi connectivity index (χ1) is 13.1. The second kappa shape index (κ2) is 6.95. The summed E-state index contributed by atoms with van der Waals surface area (Å²) in [5.41, 5.74) is 4.23. The average molecular weight is 365 g/mol. The molecule has 0 atom stereocenters. The molecular formula is C21H23N3O3. The zero-order chi connectivity index (χ0) is 19.0. The highest BCUT2D eigenvalue weighted by atomic mass is 16.5. The third kappa shape index (κ3) is 3.12. The number of fused-ring (bicyclic) bond motifs is 2. The smallest absolute Gasteiger partial charge is 0.242 e. The molecule has 0 unspecified atom stereocenters. The molecule has 1 aromatic heterocycles. The van der Waals surface area contributed by atoms with Crippen molar-refractivity contribution in [1.82, 2.24) is 14.5 Å².